The van der Waals surface area contributed by atoms with Crippen molar-refractivity contribution in [2.24, 2.45) is 5.73 Å². The van der Waals surface area contributed by atoms with E-state index < -0.39 is 0 Å². The Hall–Kier alpha value is -2.04. The lowest BCUT2D eigenvalue weighted by molar-refractivity contribution is -0.136. The molecular weight excluding hydrogens is 336 g/mol. The van der Waals surface area contributed by atoms with Crippen molar-refractivity contribution < 1.29 is 9.53 Å². The fraction of sp³-hybridized carbons (Fsp3) is 0.350. The van der Waals surface area contributed by atoms with Crippen LogP contribution < -0.4 is 11.1 Å². The largest absolute Gasteiger partial charge is 0.466 e. The molecule has 1 aromatic rings. The van der Waals surface area contributed by atoms with Crippen molar-refractivity contribution in [2.75, 3.05) is 13.7 Å². The minimum absolute atomic E-state index is 0.298. The number of nitrogens with one attached hydrogen (secondary N) is 1. The molecule has 2 rings (SSSR count). The number of dihydropyridines is 1. The Kier molecular flexibility index (Phi) is 6.85. The number of methoxy groups -OCH3 is 1. The lowest BCUT2D eigenvalue weighted by Gasteiger charge is -2.31. The van der Waals surface area contributed by atoms with Gasteiger partial charge in [-0.1, -0.05) is 42.5 Å². The molecule has 0 aromatic heterocycles. The average molecular weight is 361 g/mol. The lowest BCUT2D eigenvalue weighted by atomic mass is 9.79. The van der Waals surface area contributed by atoms with E-state index in [4.69, 9.17) is 22.1 Å². The molecule has 0 saturated heterocycles. The fourth-order valence-corrected chi connectivity index (χ4v) is 3.46. The van der Waals surface area contributed by atoms with Crippen molar-refractivity contribution in [3.8, 4) is 0 Å². The molecule has 3 N–H and O–H groups in total. The van der Waals surface area contributed by atoms with E-state index >= 15 is 0 Å². The number of ether oxygens (including phenoxy) is 1. The highest BCUT2D eigenvalue weighted by Gasteiger charge is 2.34. The summed E-state index contributed by atoms with van der Waals surface area (Å²) >= 11 is 6.45. The zero-order chi connectivity index (χ0) is 18.4. The van der Waals surface area contributed by atoms with E-state index in [0.29, 0.717) is 17.1 Å². The van der Waals surface area contributed by atoms with E-state index in [1.807, 2.05) is 31.2 Å². The molecule has 1 unspecified atom stereocenters. The molecule has 0 bridgehead atoms. The number of esters is 1. The van der Waals surface area contributed by atoms with E-state index in [9.17, 15) is 4.79 Å². The predicted molar refractivity (Wildman–Crippen MR) is 102 cm³/mol. The summed E-state index contributed by atoms with van der Waals surface area (Å²) in [6.07, 6.45) is 4.55. The van der Waals surface area contributed by atoms with Gasteiger partial charge in [-0.25, -0.2) is 4.79 Å². The summed E-state index contributed by atoms with van der Waals surface area (Å²) in [5.74, 6) is -0.664. The van der Waals surface area contributed by atoms with Gasteiger partial charge in [0.05, 0.1) is 12.7 Å². The molecule has 0 spiro atoms. The van der Waals surface area contributed by atoms with Gasteiger partial charge < -0.3 is 15.8 Å². The number of unbranched alkanes of at least 4 members (excludes halogenated alkanes) is 1. The van der Waals surface area contributed by atoms with Crippen LogP contribution in [0.1, 0.15) is 37.7 Å². The molecule has 134 valence electrons. The Morgan fingerprint density at radius 3 is 2.72 bits per heavy atom. The first-order chi connectivity index (χ1) is 12.0. The quantitative estimate of drug-likeness (QED) is 0.569. The van der Waals surface area contributed by atoms with Crippen LogP contribution in [0.3, 0.4) is 0 Å². The summed E-state index contributed by atoms with van der Waals surface area (Å²) in [7, 11) is 1.39. The number of hydrogen-bond acceptors (Lipinski definition) is 4. The number of carbonyl (C=O) groups excluding carboxylic acids is 1. The molecule has 1 aliphatic rings. The molecule has 1 heterocycles. The molecule has 1 aromatic carbocycles. The third-order valence-corrected chi connectivity index (χ3v) is 4.76. The molecule has 0 saturated carbocycles. The van der Waals surface area contributed by atoms with Gasteiger partial charge in [0.25, 0.3) is 0 Å². The van der Waals surface area contributed by atoms with Gasteiger partial charge in [0.1, 0.15) is 0 Å². The molecule has 4 nitrogen and oxygen atoms in total. The van der Waals surface area contributed by atoms with Crippen LogP contribution in [-0.4, -0.2) is 19.6 Å². The highest BCUT2D eigenvalue weighted by Crippen LogP contribution is 2.42. The van der Waals surface area contributed by atoms with Crippen LogP contribution in [0.5, 0.6) is 0 Å². The van der Waals surface area contributed by atoms with Crippen LogP contribution in [0.15, 0.2) is 59.5 Å². The van der Waals surface area contributed by atoms with Gasteiger partial charge in [-0.3, -0.25) is 0 Å². The second-order valence-electron chi connectivity index (χ2n) is 5.99. The van der Waals surface area contributed by atoms with Crippen LogP contribution in [0.2, 0.25) is 5.02 Å². The second kappa shape index (κ2) is 8.88. The molecule has 25 heavy (non-hydrogen) atoms. The summed E-state index contributed by atoms with van der Waals surface area (Å²) in [6, 6.07) is 7.57. The number of carbonyl (C=O) groups is 1. The van der Waals surface area contributed by atoms with E-state index in [2.05, 4.69) is 11.9 Å². The van der Waals surface area contributed by atoms with Gasteiger partial charge in [0, 0.05) is 22.3 Å². The topological polar surface area (TPSA) is 64.3 Å². The summed E-state index contributed by atoms with van der Waals surface area (Å²) in [6.45, 7) is 6.52. The van der Waals surface area contributed by atoms with Crippen molar-refractivity contribution in [3.63, 3.8) is 0 Å². The average Bonchev–Trinajstić information content (AvgIpc) is 2.61. The maximum absolute atomic E-state index is 12.5. The van der Waals surface area contributed by atoms with Crippen LogP contribution in [0.4, 0.5) is 0 Å². The maximum Gasteiger partial charge on any atom is 0.336 e. The number of halogens is 1. The fourth-order valence-electron chi connectivity index (χ4n) is 3.22. The summed E-state index contributed by atoms with van der Waals surface area (Å²) in [4.78, 5) is 12.5. The second-order valence-corrected chi connectivity index (χ2v) is 6.40. The standard InChI is InChI=1S/C20H25ClN2O2/c1-4-14-17(11-7-8-12-22)23-13(2)18(20(24)25-3)19(14)15-9-5-6-10-16(15)21/h4-6,9-10,19,23H,1,7-8,11-12,22H2,2-3H3. The Balaban J connectivity index is 2.57. The van der Waals surface area contributed by atoms with E-state index in [-0.39, 0.29) is 11.9 Å². The third-order valence-electron chi connectivity index (χ3n) is 4.41. The highest BCUT2D eigenvalue weighted by molar-refractivity contribution is 6.31. The first kappa shape index (κ1) is 19.3. The molecule has 0 radical (unpaired) electrons. The monoisotopic (exact) mass is 360 g/mol. The molecule has 1 aliphatic heterocycles. The van der Waals surface area contributed by atoms with E-state index in [0.717, 1.165) is 41.8 Å². The zero-order valence-corrected chi connectivity index (χ0v) is 15.5. The third kappa shape index (κ3) is 4.14. The van der Waals surface area contributed by atoms with Gasteiger partial charge in [0.15, 0.2) is 0 Å². The Morgan fingerprint density at radius 1 is 1.40 bits per heavy atom. The zero-order valence-electron chi connectivity index (χ0n) is 14.8. The van der Waals surface area contributed by atoms with Gasteiger partial charge in [0.2, 0.25) is 0 Å². The van der Waals surface area contributed by atoms with Crippen molar-refractivity contribution in [1.82, 2.24) is 5.32 Å². The van der Waals surface area contributed by atoms with E-state index in [1.165, 1.54) is 7.11 Å². The number of hydrogen-bond donors (Lipinski definition) is 2. The maximum atomic E-state index is 12.5. The van der Waals surface area contributed by atoms with E-state index in [1.54, 1.807) is 6.08 Å². The van der Waals surface area contributed by atoms with Gasteiger partial charge in [-0.05, 0) is 49.9 Å². The minimum atomic E-state index is -0.365. The molecular formula is C20H25ClN2O2. The number of benzene rings is 1. The molecule has 5 heteroatoms. The van der Waals surface area contributed by atoms with Crippen molar-refractivity contribution in [1.29, 1.82) is 0 Å². The van der Waals surface area contributed by atoms with Crippen LogP contribution in [-0.2, 0) is 9.53 Å². The molecule has 0 aliphatic carbocycles. The summed E-state index contributed by atoms with van der Waals surface area (Å²) in [5.41, 5.74) is 9.84. The SMILES string of the molecule is C=CC1=C(CCCCN)NC(C)=C(C(=O)OC)C1c1ccccc1Cl. The smallest absolute Gasteiger partial charge is 0.336 e. The summed E-state index contributed by atoms with van der Waals surface area (Å²) < 4.78 is 5.03. The van der Waals surface area contributed by atoms with Crippen molar-refractivity contribution >= 4 is 17.6 Å². The molecule has 0 fully saturated rings. The van der Waals surface area contributed by atoms with Crippen LogP contribution in [0, 0.1) is 0 Å². The van der Waals surface area contributed by atoms with Gasteiger partial charge >= 0.3 is 5.97 Å². The first-order valence-corrected chi connectivity index (χ1v) is 8.79. The normalized spacial score (nSPS) is 17.4. The minimum Gasteiger partial charge on any atom is -0.466 e. The summed E-state index contributed by atoms with van der Waals surface area (Å²) in [5, 5.41) is 3.98. The highest BCUT2D eigenvalue weighted by atomic mass is 35.5. The Labute approximate surface area is 154 Å². The Morgan fingerprint density at radius 2 is 2.12 bits per heavy atom. The van der Waals surface area contributed by atoms with Gasteiger partial charge in [-0.15, -0.1) is 0 Å². The predicted octanol–water partition coefficient (Wildman–Crippen LogP) is 4.04. The molecule has 1 atom stereocenters. The van der Waals surface area contributed by atoms with Crippen molar-refractivity contribution in [3.05, 3.63) is 70.0 Å². The number of nitrogens with two attached hydrogens (primary N) is 1. The lowest BCUT2D eigenvalue weighted by Crippen LogP contribution is -2.29. The number of allylic oxidation sites excluding steroid dienone is 4. The van der Waals surface area contributed by atoms with Crippen LogP contribution in [0.25, 0.3) is 0 Å². The number of rotatable bonds is 7. The molecule has 0 amide bonds. The Bertz CT molecular complexity index is 722. The van der Waals surface area contributed by atoms with Crippen molar-refractivity contribution in [2.45, 2.75) is 32.1 Å². The van der Waals surface area contributed by atoms with Gasteiger partial charge in [-0.2, -0.15) is 0 Å². The van der Waals surface area contributed by atoms with Crippen LogP contribution >= 0.6 is 11.6 Å². The first-order valence-electron chi connectivity index (χ1n) is 8.41.